The lowest BCUT2D eigenvalue weighted by Gasteiger charge is -2.05. The Labute approximate surface area is 72.9 Å². The highest BCUT2D eigenvalue weighted by molar-refractivity contribution is 7.99. The summed E-state index contributed by atoms with van der Waals surface area (Å²) < 4.78 is 0. The van der Waals surface area contributed by atoms with Crippen LogP contribution >= 0.6 is 11.8 Å². The Kier molecular flexibility index (Phi) is 3.98. The summed E-state index contributed by atoms with van der Waals surface area (Å²) >= 11 is 1.99. The van der Waals surface area contributed by atoms with Crippen molar-refractivity contribution in [3.05, 3.63) is 0 Å². The molecule has 0 spiro atoms. The second-order valence-corrected chi connectivity index (χ2v) is 4.54. The van der Waals surface area contributed by atoms with Gasteiger partial charge in [0.1, 0.15) is 5.78 Å². The van der Waals surface area contributed by atoms with Crippen molar-refractivity contribution in [2.75, 3.05) is 5.75 Å². The van der Waals surface area contributed by atoms with Crippen molar-refractivity contribution in [3.63, 3.8) is 0 Å². The number of carbonyl (C=O) groups excluding carboxylic acids is 1. The van der Waals surface area contributed by atoms with E-state index >= 15 is 0 Å². The molecule has 0 bridgehead atoms. The highest BCUT2D eigenvalue weighted by atomic mass is 32.2. The summed E-state index contributed by atoms with van der Waals surface area (Å²) in [5, 5.41) is 0.661. The summed E-state index contributed by atoms with van der Waals surface area (Å²) in [7, 11) is 0. The first-order chi connectivity index (χ1) is 5.33. The SMILES string of the molecule is CCCCSC1CCC(=O)C1. The zero-order chi connectivity index (χ0) is 8.10. The summed E-state index contributed by atoms with van der Waals surface area (Å²) in [6.45, 7) is 2.21. The van der Waals surface area contributed by atoms with Crippen LogP contribution in [0.4, 0.5) is 0 Å². The van der Waals surface area contributed by atoms with Crippen LogP contribution in [-0.2, 0) is 4.79 Å². The van der Waals surface area contributed by atoms with Gasteiger partial charge in [-0.2, -0.15) is 11.8 Å². The van der Waals surface area contributed by atoms with Crippen LogP contribution in [0.5, 0.6) is 0 Å². The van der Waals surface area contributed by atoms with E-state index in [9.17, 15) is 4.79 Å². The molecule has 1 aliphatic carbocycles. The van der Waals surface area contributed by atoms with E-state index in [2.05, 4.69) is 6.92 Å². The molecule has 0 saturated heterocycles. The second kappa shape index (κ2) is 4.81. The van der Waals surface area contributed by atoms with Gasteiger partial charge in [0.15, 0.2) is 0 Å². The molecule has 0 amide bonds. The fourth-order valence-corrected chi connectivity index (χ4v) is 2.69. The number of rotatable bonds is 4. The van der Waals surface area contributed by atoms with Gasteiger partial charge in [0.05, 0.1) is 0 Å². The van der Waals surface area contributed by atoms with E-state index in [1.54, 1.807) is 0 Å². The zero-order valence-corrected chi connectivity index (χ0v) is 7.95. The van der Waals surface area contributed by atoms with E-state index in [-0.39, 0.29) is 0 Å². The predicted molar refractivity (Wildman–Crippen MR) is 50.0 cm³/mol. The highest BCUT2D eigenvalue weighted by Gasteiger charge is 2.21. The van der Waals surface area contributed by atoms with E-state index in [1.165, 1.54) is 18.6 Å². The van der Waals surface area contributed by atoms with Crippen LogP contribution in [0.1, 0.15) is 39.0 Å². The van der Waals surface area contributed by atoms with Crippen LogP contribution in [-0.4, -0.2) is 16.8 Å². The molecule has 1 fully saturated rings. The number of thioether (sulfide) groups is 1. The molecule has 1 rings (SSSR count). The van der Waals surface area contributed by atoms with Crippen molar-refractivity contribution in [1.29, 1.82) is 0 Å². The van der Waals surface area contributed by atoms with E-state index in [0.717, 1.165) is 19.3 Å². The van der Waals surface area contributed by atoms with Gasteiger partial charge in [0, 0.05) is 18.1 Å². The standard InChI is InChI=1S/C9H16OS/c1-2-3-6-11-9-5-4-8(10)7-9/h9H,2-7H2,1H3. The Balaban J connectivity index is 2.04. The van der Waals surface area contributed by atoms with Gasteiger partial charge in [0.25, 0.3) is 0 Å². The normalized spacial score (nSPS) is 24.5. The van der Waals surface area contributed by atoms with Gasteiger partial charge in [-0.3, -0.25) is 4.79 Å². The van der Waals surface area contributed by atoms with Gasteiger partial charge >= 0.3 is 0 Å². The van der Waals surface area contributed by atoms with Crippen LogP contribution < -0.4 is 0 Å². The van der Waals surface area contributed by atoms with E-state index < -0.39 is 0 Å². The van der Waals surface area contributed by atoms with Crippen LogP contribution in [0.3, 0.4) is 0 Å². The molecular weight excluding hydrogens is 156 g/mol. The molecule has 0 radical (unpaired) electrons. The molecule has 11 heavy (non-hydrogen) atoms. The van der Waals surface area contributed by atoms with Crippen molar-refractivity contribution in [1.82, 2.24) is 0 Å². The number of hydrogen-bond acceptors (Lipinski definition) is 2. The first kappa shape index (κ1) is 9.11. The average Bonchev–Trinajstić information content (AvgIpc) is 2.37. The molecule has 1 nitrogen and oxygen atoms in total. The molecule has 2 heteroatoms. The van der Waals surface area contributed by atoms with Gasteiger partial charge in [-0.1, -0.05) is 13.3 Å². The fourth-order valence-electron chi connectivity index (χ4n) is 1.32. The third-order valence-electron chi connectivity index (χ3n) is 2.05. The van der Waals surface area contributed by atoms with Crippen molar-refractivity contribution in [3.8, 4) is 0 Å². The summed E-state index contributed by atoms with van der Waals surface area (Å²) in [6, 6.07) is 0. The van der Waals surface area contributed by atoms with Gasteiger partial charge in [-0.05, 0) is 18.6 Å². The minimum atomic E-state index is 0.471. The molecule has 0 N–H and O–H groups in total. The fraction of sp³-hybridized carbons (Fsp3) is 0.889. The lowest BCUT2D eigenvalue weighted by atomic mass is 10.4. The summed E-state index contributed by atoms with van der Waals surface area (Å²) in [5.41, 5.74) is 0. The van der Waals surface area contributed by atoms with E-state index in [4.69, 9.17) is 0 Å². The van der Waals surface area contributed by atoms with E-state index in [1.807, 2.05) is 11.8 Å². The Bertz CT molecular complexity index is 134. The molecule has 1 unspecified atom stereocenters. The predicted octanol–water partition coefficient (Wildman–Crippen LogP) is 2.64. The summed E-state index contributed by atoms with van der Waals surface area (Å²) in [6.07, 6.45) is 5.38. The summed E-state index contributed by atoms with van der Waals surface area (Å²) in [5.74, 6) is 1.72. The lowest BCUT2D eigenvalue weighted by Crippen LogP contribution is -1.97. The molecule has 1 saturated carbocycles. The maximum atomic E-state index is 10.9. The van der Waals surface area contributed by atoms with Crippen LogP contribution in [0.2, 0.25) is 0 Å². The molecule has 0 aromatic carbocycles. The summed E-state index contributed by atoms with van der Waals surface area (Å²) in [4.78, 5) is 10.9. The van der Waals surface area contributed by atoms with Gasteiger partial charge in [0.2, 0.25) is 0 Å². The molecule has 1 aliphatic rings. The number of Topliss-reactive ketones (excluding diaryl/α,β-unsaturated/α-hetero) is 1. The van der Waals surface area contributed by atoms with Crippen molar-refractivity contribution in [2.24, 2.45) is 0 Å². The van der Waals surface area contributed by atoms with Gasteiger partial charge in [-0.25, -0.2) is 0 Å². The zero-order valence-electron chi connectivity index (χ0n) is 7.14. The van der Waals surface area contributed by atoms with Gasteiger partial charge in [-0.15, -0.1) is 0 Å². The molecule has 64 valence electrons. The molecular formula is C9H16OS. The minimum Gasteiger partial charge on any atom is -0.300 e. The average molecular weight is 172 g/mol. The highest BCUT2D eigenvalue weighted by Crippen LogP contribution is 2.27. The van der Waals surface area contributed by atoms with Gasteiger partial charge < -0.3 is 0 Å². The first-order valence-electron chi connectivity index (χ1n) is 4.46. The van der Waals surface area contributed by atoms with Crippen molar-refractivity contribution in [2.45, 2.75) is 44.3 Å². The smallest absolute Gasteiger partial charge is 0.134 e. The number of ketones is 1. The topological polar surface area (TPSA) is 17.1 Å². The molecule has 0 aromatic heterocycles. The van der Waals surface area contributed by atoms with Crippen LogP contribution in [0.15, 0.2) is 0 Å². The number of hydrogen-bond donors (Lipinski definition) is 0. The molecule has 0 aliphatic heterocycles. The van der Waals surface area contributed by atoms with Crippen molar-refractivity contribution < 1.29 is 4.79 Å². The van der Waals surface area contributed by atoms with Crippen molar-refractivity contribution >= 4 is 17.5 Å². The number of unbranched alkanes of at least 4 members (excludes halogenated alkanes) is 1. The molecule has 0 aromatic rings. The molecule has 1 atom stereocenters. The second-order valence-electron chi connectivity index (χ2n) is 3.13. The minimum absolute atomic E-state index is 0.471. The maximum absolute atomic E-state index is 10.9. The quantitative estimate of drug-likeness (QED) is 0.606. The van der Waals surface area contributed by atoms with Crippen LogP contribution in [0.25, 0.3) is 0 Å². The first-order valence-corrected chi connectivity index (χ1v) is 5.51. The Morgan fingerprint density at radius 2 is 2.45 bits per heavy atom. The Morgan fingerprint density at radius 3 is 3.00 bits per heavy atom. The third kappa shape index (κ3) is 3.28. The Hall–Kier alpha value is 0.0200. The Morgan fingerprint density at radius 1 is 1.64 bits per heavy atom. The van der Waals surface area contributed by atoms with E-state index in [0.29, 0.717) is 11.0 Å². The van der Waals surface area contributed by atoms with Crippen LogP contribution in [0, 0.1) is 0 Å². The largest absolute Gasteiger partial charge is 0.300 e. The number of carbonyl (C=O) groups is 1. The third-order valence-corrected chi connectivity index (χ3v) is 3.45. The molecule has 0 heterocycles. The maximum Gasteiger partial charge on any atom is 0.134 e. The lowest BCUT2D eigenvalue weighted by molar-refractivity contribution is -0.117. The monoisotopic (exact) mass is 172 g/mol.